The number of aryl methyl sites for hydroxylation is 1. The van der Waals surface area contributed by atoms with Crippen LogP contribution >= 0.6 is 11.3 Å². The van der Waals surface area contributed by atoms with Gasteiger partial charge in [0.1, 0.15) is 0 Å². The van der Waals surface area contributed by atoms with E-state index in [9.17, 15) is 4.79 Å². The standard InChI is InChI=1S/C18H17NO2S/c1-2-21-17(20)11-8-13-6-9-14(10-7-13)15-4-3-5-16-18(15)22-12-19-16/h3-7,9-10,12H,2,8,11H2,1H3. The van der Waals surface area contributed by atoms with Crippen molar-refractivity contribution < 1.29 is 9.53 Å². The van der Waals surface area contributed by atoms with E-state index in [0.717, 1.165) is 11.1 Å². The Morgan fingerprint density at radius 2 is 2.00 bits per heavy atom. The van der Waals surface area contributed by atoms with Gasteiger partial charge in [-0.15, -0.1) is 11.3 Å². The van der Waals surface area contributed by atoms with Gasteiger partial charge in [-0.1, -0.05) is 36.4 Å². The molecule has 0 aliphatic heterocycles. The predicted molar refractivity (Wildman–Crippen MR) is 90.0 cm³/mol. The summed E-state index contributed by atoms with van der Waals surface area (Å²) < 4.78 is 6.16. The lowest BCUT2D eigenvalue weighted by molar-refractivity contribution is -0.143. The Labute approximate surface area is 133 Å². The molecule has 3 nitrogen and oxygen atoms in total. The summed E-state index contributed by atoms with van der Waals surface area (Å²) >= 11 is 1.66. The lowest BCUT2D eigenvalue weighted by Crippen LogP contribution is -2.05. The second-order valence-electron chi connectivity index (χ2n) is 5.01. The molecule has 0 amide bonds. The summed E-state index contributed by atoms with van der Waals surface area (Å²) in [6.07, 6.45) is 1.14. The molecule has 0 bridgehead atoms. The first-order valence-corrected chi connectivity index (χ1v) is 8.23. The Morgan fingerprint density at radius 1 is 1.18 bits per heavy atom. The van der Waals surface area contributed by atoms with E-state index < -0.39 is 0 Å². The van der Waals surface area contributed by atoms with E-state index in [1.807, 2.05) is 24.6 Å². The first kappa shape index (κ1) is 14.7. The number of esters is 1. The SMILES string of the molecule is CCOC(=O)CCc1ccc(-c2cccc3ncsc23)cc1. The van der Waals surface area contributed by atoms with Crippen LogP contribution in [0.25, 0.3) is 21.3 Å². The number of hydrogen-bond donors (Lipinski definition) is 0. The molecule has 0 atom stereocenters. The van der Waals surface area contributed by atoms with Gasteiger partial charge in [-0.3, -0.25) is 4.79 Å². The number of ether oxygens (including phenoxy) is 1. The summed E-state index contributed by atoms with van der Waals surface area (Å²) in [4.78, 5) is 15.7. The minimum atomic E-state index is -0.138. The van der Waals surface area contributed by atoms with E-state index in [1.54, 1.807) is 11.3 Å². The first-order chi connectivity index (χ1) is 10.8. The van der Waals surface area contributed by atoms with Crippen molar-refractivity contribution in [1.82, 2.24) is 4.98 Å². The van der Waals surface area contributed by atoms with Crippen molar-refractivity contribution in [2.75, 3.05) is 6.61 Å². The zero-order valence-corrected chi connectivity index (χ0v) is 13.2. The maximum atomic E-state index is 11.4. The highest BCUT2D eigenvalue weighted by Crippen LogP contribution is 2.31. The van der Waals surface area contributed by atoms with Gasteiger partial charge in [0.15, 0.2) is 0 Å². The summed E-state index contributed by atoms with van der Waals surface area (Å²) in [5.41, 5.74) is 6.44. The van der Waals surface area contributed by atoms with Gasteiger partial charge in [0.2, 0.25) is 0 Å². The molecule has 0 fully saturated rings. The maximum absolute atomic E-state index is 11.4. The van der Waals surface area contributed by atoms with Crippen LogP contribution in [-0.4, -0.2) is 17.6 Å². The van der Waals surface area contributed by atoms with Crippen LogP contribution in [0.1, 0.15) is 18.9 Å². The van der Waals surface area contributed by atoms with Gasteiger partial charge in [0, 0.05) is 12.0 Å². The minimum absolute atomic E-state index is 0.138. The van der Waals surface area contributed by atoms with Crippen molar-refractivity contribution in [2.24, 2.45) is 0 Å². The molecule has 0 saturated heterocycles. The van der Waals surface area contributed by atoms with Crippen LogP contribution in [0.15, 0.2) is 48.0 Å². The van der Waals surface area contributed by atoms with Gasteiger partial charge < -0.3 is 4.74 Å². The molecule has 0 radical (unpaired) electrons. The summed E-state index contributed by atoms with van der Waals surface area (Å²) in [5, 5.41) is 0. The highest BCUT2D eigenvalue weighted by Gasteiger charge is 2.07. The Hall–Kier alpha value is -2.20. The van der Waals surface area contributed by atoms with E-state index >= 15 is 0 Å². The zero-order valence-electron chi connectivity index (χ0n) is 12.4. The van der Waals surface area contributed by atoms with Gasteiger partial charge in [-0.25, -0.2) is 4.98 Å². The largest absolute Gasteiger partial charge is 0.466 e. The second kappa shape index (κ2) is 6.71. The molecule has 0 aliphatic rings. The molecule has 0 unspecified atom stereocenters. The third-order valence-corrected chi connectivity index (χ3v) is 4.42. The monoisotopic (exact) mass is 311 g/mol. The molecule has 0 aliphatic carbocycles. The number of carbonyl (C=O) groups excluding carboxylic acids is 1. The van der Waals surface area contributed by atoms with Gasteiger partial charge >= 0.3 is 5.97 Å². The molecule has 0 spiro atoms. The smallest absolute Gasteiger partial charge is 0.306 e. The normalized spacial score (nSPS) is 10.8. The highest BCUT2D eigenvalue weighted by atomic mass is 32.1. The zero-order chi connectivity index (χ0) is 15.4. The number of nitrogens with zero attached hydrogens (tertiary/aromatic N) is 1. The Kier molecular flexibility index (Phi) is 4.49. The molecule has 22 heavy (non-hydrogen) atoms. The molecule has 0 saturated carbocycles. The molecule has 1 heterocycles. The lowest BCUT2D eigenvalue weighted by atomic mass is 10.0. The van der Waals surface area contributed by atoms with E-state index in [1.165, 1.54) is 15.8 Å². The van der Waals surface area contributed by atoms with E-state index in [0.29, 0.717) is 19.4 Å². The maximum Gasteiger partial charge on any atom is 0.306 e. The molecule has 3 rings (SSSR count). The number of benzene rings is 2. The molecule has 1 aromatic heterocycles. The molecule has 112 valence electrons. The average molecular weight is 311 g/mol. The van der Waals surface area contributed by atoms with E-state index in [4.69, 9.17) is 4.74 Å². The van der Waals surface area contributed by atoms with Crippen molar-refractivity contribution in [3.05, 3.63) is 53.5 Å². The summed E-state index contributed by atoms with van der Waals surface area (Å²) in [5.74, 6) is -0.138. The second-order valence-corrected chi connectivity index (χ2v) is 5.86. The van der Waals surface area contributed by atoms with Crippen LogP contribution < -0.4 is 0 Å². The van der Waals surface area contributed by atoms with Gasteiger partial charge in [0.05, 0.1) is 22.3 Å². The van der Waals surface area contributed by atoms with Crippen molar-refractivity contribution in [3.63, 3.8) is 0 Å². The van der Waals surface area contributed by atoms with Crippen LogP contribution in [0.3, 0.4) is 0 Å². The average Bonchev–Trinajstić information content (AvgIpc) is 3.02. The molecular weight excluding hydrogens is 294 g/mol. The Bertz CT molecular complexity index is 777. The van der Waals surface area contributed by atoms with Crippen LogP contribution in [-0.2, 0) is 16.0 Å². The third-order valence-electron chi connectivity index (χ3n) is 3.54. The number of aromatic nitrogens is 1. The number of hydrogen-bond acceptors (Lipinski definition) is 4. The fourth-order valence-corrected chi connectivity index (χ4v) is 3.27. The fourth-order valence-electron chi connectivity index (χ4n) is 2.44. The Morgan fingerprint density at radius 3 is 2.77 bits per heavy atom. The summed E-state index contributed by atoms with van der Waals surface area (Å²) in [6.45, 7) is 2.27. The fraction of sp³-hybridized carbons (Fsp3) is 0.222. The van der Waals surface area contributed by atoms with Crippen LogP contribution in [0, 0.1) is 0 Å². The minimum Gasteiger partial charge on any atom is -0.466 e. The van der Waals surface area contributed by atoms with Gasteiger partial charge in [-0.05, 0) is 30.5 Å². The van der Waals surface area contributed by atoms with E-state index in [2.05, 4.69) is 35.3 Å². The molecule has 4 heteroatoms. The topological polar surface area (TPSA) is 39.2 Å². The number of thiazole rings is 1. The molecular formula is C18H17NO2S. The van der Waals surface area contributed by atoms with E-state index in [-0.39, 0.29) is 5.97 Å². The quantitative estimate of drug-likeness (QED) is 0.653. The van der Waals surface area contributed by atoms with Crippen molar-refractivity contribution in [2.45, 2.75) is 19.8 Å². The van der Waals surface area contributed by atoms with Gasteiger partial charge in [-0.2, -0.15) is 0 Å². The number of carbonyl (C=O) groups is 1. The highest BCUT2D eigenvalue weighted by molar-refractivity contribution is 7.17. The van der Waals surface area contributed by atoms with Gasteiger partial charge in [0.25, 0.3) is 0 Å². The molecule has 0 N–H and O–H groups in total. The third kappa shape index (κ3) is 3.17. The number of fused-ring (bicyclic) bond motifs is 1. The predicted octanol–water partition coefficient (Wildman–Crippen LogP) is 4.46. The van der Waals surface area contributed by atoms with Crippen molar-refractivity contribution >= 4 is 27.5 Å². The Balaban J connectivity index is 1.77. The number of rotatable bonds is 5. The van der Waals surface area contributed by atoms with Crippen LogP contribution in [0.2, 0.25) is 0 Å². The van der Waals surface area contributed by atoms with Crippen LogP contribution in [0.4, 0.5) is 0 Å². The van der Waals surface area contributed by atoms with Crippen molar-refractivity contribution in [3.8, 4) is 11.1 Å². The first-order valence-electron chi connectivity index (χ1n) is 7.35. The molecule has 2 aromatic carbocycles. The van der Waals surface area contributed by atoms with Crippen LogP contribution in [0.5, 0.6) is 0 Å². The lowest BCUT2D eigenvalue weighted by Gasteiger charge is -2.06. The molecule has 3 aromatic rings. The summed E-state index contributed by atoms with van der Waals surface area (Å²) in [7, 11) is 0. The summed E-state index contributed by atoms with van der Waals surface area (Å²) in [6, 6.07) is 14.6. The van der Waals surface area contributed by atoms with Crippen molar-refractivity contribution in [1.29, 1.82) is 0 Å².